The van der Waals surface area contributed by atoms with Gasteiger partial charge in [-0.25, -0.2) is 9.78 Å². The molecule has 0 unspecified atom stereocenters. The number of thiazole rings is 1. The van der Waals surface area contributed by atoms with Crippen LogP contribution in [0.5, 0.6) is 17.2 Å². The third kappa shape index (κ3) is 5.44. The highest BCUT2D eigenvalue weighted by atomic mass is 35.5. The van der Waals surface area contributed by atoms with Crippen LogP contribution in [0.15, 0.2) is 83.9 Å². The molecule has 1 heterocycles. The van der Waals surface area contributed by atoms with Crippen molar-refractivity contribution < 1.29 is 19.4 Å². The number of ether oxygens (including phenoxy) is 2. The third-order valence-electron chi connectivity index (χ3n) is 5.41. The number of phenolic OH excluding ortho intramolecular Hbond substituents is 1. The van der Waals surface area contributed by atoms with Crippen LogP contribution in [0.4, 0.5) is 5.69 Å². The van der Waals surface area contributed by atoms with E-state index in [0.717, 1.165) is 15.8 Å². The van der Waals surface area contributed by atoms with Gasteiger partial charge in [-0.2, -0.15) is 0 Å². The van der Waals surface area contributed by atoms with E-state index in [-0.39, 0.29) is 22.1 Å². The summed E-state index contributed by atoms with van der Waals surface area (Å²) in [5.74, 6) is 0.0844. The molecule has 0 bridgehead atoms. The molecule has 0 radical (unpaired) electrons. The van der Waals surface area contributed by atoms with Crippen molar-refractivity contribution in [2.75, 3.05) is 7.11 Å². The van der Waals surface area contributed by atoms with E-state index in [1.165, 1.54) is 30.6 Å². The minimum absolute atomic E-state index is 0.131. The lowest BCUT2D eigenvalue weighted by Crippen LogP contribution is -2.10. The third-order valence-corrected chi connectivity index (χ3v) is 7.03. The first-order chi connectivity index (χ1) is 17.9. The number of para-hydroxylation sites is 1. The van der Waals surface area contributed by atoms with E-state index in [2.05, 4.69) is 9.98 Å². The molecular weight excluding hydrogens is 531 g/mol. The second-order valence-electron chi connectivity index (χ2n) is 7.87. The number of esters is 1. The molecule has 0 fully saturated rings. The molecule has 0 aliphatic rings. The minimum Gasteiger partial charge on any atom is -0.507 e. The van der Waals surface area contributed by atoms with Crippen molar-refractivity contribution in [3.8, 4) is 27.8 Å². The summed E-state index contributed by atoms with van der Waals surface area (Å²) in [6.45, 7) is 0. The van der Waals surface area contributed by atoms with Crippen molar-refractivity contribution in [3.05, 3.63) is 100 Å². The van der Waals surface area contributed by atoms with E-state index < -0.39 is 5.97 Å². The number of aliphatic imine (C=N–C) groups is 1. The topological polar surface area (TPSA) is 81.0 Å². The second kappa shape index (κ2) is 10.6. The van der Waals surface area contributed by atoms with Gasteiger partial charge in [-0.3, -0.25) is 4.99 Å². The number of phenols is 1. The number of aromatic nitrogens is 1. The fourth-order valence-electron chi connectivity index (χ4n) is 3.57. The highest BCUT2D eigenvalue weighted by Crippen LogP contribution is 2.37. The summed E-state index contributed by atoms with van der Waals surface area (Å²) in [5.41, 5.74) is 3.03. The molecule has 0 spiro atoms. The van der Waals surface area contributed by atoms with Gasteiger partial charge in [-0.15, -0.1) is 11.3 Å². The van der Waals surface area contributed by atoms with E-state index >= 15 is 0 Å². The second-order valence-corrected chi connectivity index (χ2v) is 9.74. The van der Waals surface area contributed by atoms with E-state index in [1.54, 1.807) is 48.7 Å². The molecule has 0 atom stereocenters. The molecule has 1 N–H and O–H groups in total. The molecule has 0 saturated carbocycles. The first-order valence-electron chi connectivity index (χ1n) is 11.0. The van der Waals surface area contributed by atoms with Crippen LogP contribution in [0.25, 0.3) is 20.8 Å². The average Bonchev–Trinajstić information content (AvgIpc) is 3.33. The van der Waals surface area contributed by atoms with Crippen LogP contribution in [-0.2, 0) is 0 Å². The monoisotopic (exact) mass is 548 g/mol. The predicted octanol–water partition coefficient (Wildman–Crippen LogP) is 7.95. The Bertz CT molecular complexity index is 1630. The molecule has 37 heavy (non-hydrogen) atoms. The molecule has 0 saturated heterocycles. The molecule has 0 amide bonds. The number of fused-ring (bicyclic) bond motifs is 1. The van der Waals surface area contributed by atoms with Gasteiger partial charge < -0.3 is 14.6 Å². The fraction of sp³-hybridized carbons (Fsp3) is 0.0357. The number of nitrogens with zero attached hydrogens (tertiary/aromatic N) is 2. The van der Waals surface area contributed by atoms with Gasteiger partial charge in [0.2, 0.25) is 0 Å². The van der Waals surface area contributed by atoms with Gasteiger partial charge in [0.15, 0.2) is 11.5 Å². The number of halogens is 2. The van der Waals surface area contributed by atoms with Crippen LogP contribution in [0, 0.1) is 0 Å². The smallest absolute Gasteiger partial charge is 0.345 e. The first kappa shape index (κ1) is 24.8. The van der Waals surface area contributed by atoms with Gasteiger partial charge in [-0.1, -0.05) is 35.3 Å². The Hall–Kier alpha value is -3.91. The maximum absolute atomic E-state index is 12.6. The summed E-state index contributed by atoms with van der Waals surface area (Å²) >= 11 is 13.5. The summed E-state index contributed by atoms with van der Waals surface area (Å²) in [6.07, 6.45) is 1.65. The Balaban J connectivity index is 1.37. The molecule has 1 aromatic heterocycles. The number of hydrogen-bond acceptors (Lipinski definition) is 7. The fourth-order valence-corrected chi connectivity index (χ4v) is 5.05. The van der Waals surface area contributed by atoms with E-state index in [1.807, 2.05) is 24.3 Å². The van der Waals surface area contributed by atoms with Gasteiger partial charge in [0, 0.05) is 11.2 Å². The van der Waals surface area contributed by atoms with Gasteiger partial charge in [0.1, 0.15) is 10.8 Å². The zero-order valence-electron chi connectivity index (χ0n) is 19.3. The molecule has 4 aromatic carbocycles. The lowest BCUT2D eigenvalue weighted by Gasteiger charge is -2.10. The van der Waals surface area contributed by atoms with Crippen LogP contribution in [0.3, 0.4) is 0 Å². The number of methoxy groups -OCH3 is 1. The summed E-state index contributed by atoms with van der Waals surface area (Å²) in [6, 6.07) is 22.5. The zero-order valence-corrected chi connectivity index (χ0v) is 21.6. The molecular formula is C28H18Cl2N2O4S. The maximum atomic E-state index is 12.6. The predicted molar refractivity (Wildman–Crippen MR) is 148 cm³/mol. The van der Waals surface area contributed by atoms with E-state index in [0.29, 0.717) is 27.0 Å². The molecule has 6 nitrogen and oxygen atoms in total. The SMILES string of the molecule is COc1cc(C=Nc2ccc(O)c(-c3nc4ccccc4s3)c2)ccc1OC(=O)c1ccc(Cl)cc1Cl. The lowest BCUT2D eigenvalue weighted by atomic mass is 10.1. The van der Waals surface area contributed by atoms with Crippen molar-refractivity contribution in [1.82, 2.24) is 4.98 Å². The van der Waals surface area contributed by atoms with E-state index in [4.69, 9.17) is 32.7 Å². The number of rotatable bonds is 6. The molecule has 0 aliphatic heterocycles. The molecule has 184 valence electrons. The summed E-state index contributed by atoms with van der Waals surface area (Å²) < 4.78 is 11.9. The van der Waals surface area contributed by atoms with Crippen molar-refractivity contribution >= 4 is 62.6 Å². The summed E-state index contributed by atoms with van der Waals surface area (Å²) in [4.78, 5) is 21.8. The average molecular weight is 549 g/mol. The molecule has 9 heteroatoms. The van der Waals surface area contributed by atoms with Gasteiger partial charge in [-0.05, 0) is 72.3 Å². The van der Waals surface area contributed by atoms with Crippen LogP contribution >= 0.6 is 34.5 Å². The number of aromatic hydroxyl groups is 1. The van der Waals surface area contributed by atoms with Gasteiger partial charge >= 0.3 is 5.97 Å². The Morgan fingerprint density at radius 3 is 2.62 bits per heavy atom. The van der Waals surface area contributed by atoms with E-state index in [9.17, 15) is 9.90 Å². The van der Waals surface area contributed by atoms with Crippen LogP contribution in [0.2, 0.25) is 10.0 Å². The number of hydrogen-bond donors (Lipinski definition) is 1. The van der Waals surface area contributed by atoms with Crippen molar-refractivity contribution in [2.45, 2.75) is 0 Å². The number of benzene rings is 4. The minimum atomic E-state index is -0.632. The quantitative estimate of drug-likeness (QED) is 0.132. The Morgan fingerprint density at radius 2 is 1.84 bits per heavy atom. The first-order valence-corrected chi connectivity index (χ1v) is 12.6. The molecule has 5 aromatic rings. The van der Waals surface area contributed by atoms with Crippen LogP contribution in [-0.4, -0.2) is 29.4 Å². The molecule has 5 rings (SSSR count). The Kier molecular flexibility index (Phi) is 7.10. The number of carbonyl (C=O) groups is 1. The lowest BCUT2D eigenvalue weighted by molar-refractivity contribution is 0.0730. The van der Waals surface area contributed by atoms with Crippen LogP contribution < -0.4 is 9.47 Å². The van der Waals surface area contributed by atoms with Crippen LogP contribution in [0.1, 0.15) is 15.9 Å². The zero-order chi connectivity index (χ0) is 25.9. The molecule has 0 aliphatic carbocycles. The largest absolute Gasteiger partial charge is 0.507 e. The van der Waals surface area contributed by atoms with Crippen molar-refractivity contribution in [2.24, 2.45) is 4.99 Å². The number of carbonyl (C=O) groups excluding carboxylic acids is 1. The summed E-state index contributed by atoms with van der Waals surface area (Å²) in [5, 5.41) is 11.8. The standard InChI is InChI=1S/C28H18Cl2N2O4S/c1-35-25-12-16(6-11-24(25)36-28(34)19-9-7-17(29)13-21(19)30)15-31-18-8-10-23(33)20(14-18)27-32-22-4-2-3-5-26(22)37-27/h2-15,33H,1H3. The Morgan fingerprint density at radius 1 is 1.00 bits per heavy atom. The Labute approximate surface area is 226 Å². The van der Waals surface area contributed by atoms with Gasteiger partial charge in [0.25, 0.3) is 0 Å². The maximum Gasteiger partial charge on any atom is 0.345 e. The van der Waals surface area contributed by atoms with Crippen molar-refractivity contribution in [1.29, 1.82) is 0 Å². The van der Waals surface area contributed by atoms with Gasteiger partial charge in [0.05, 0.1) is 39.2 Å². The highest BCUT2D eigenvalue weighted by Gasteiger charge is 2.16. The van der Waals surface area contributed by atoms with Crippen molar-refractivity contribution in [3.63, 3.8) is 0 Å². The normalized spacial score (nSPS) is 11.2. The summed E-state index contributed by atoms with van der Waals surface area (Å²) in [7, 11) is 1.48. The highest BCUT2D eigenvalue weighted by molar-refractivity contribution is 7.21.